The van der Waals surface area contributed by atoms with Crippen LogP contribution in [0.2, 0.25) is 10.0 Å². The third-order valence-electron chi connectivity index (χ3n) is 3.57. The van der Waals surface area contributed by atoms with Gasteiger partial charge in [0.05, 0.1) is 22.2 Å². The van der Waals surface area contributed by atoms with E-state index in [1.54, 1.807) is 20.8 Å². The number of halogens is 2. The molecule has 2 rings (SSSR count). The molecule has 0 radical (unpaired) electrons. The molecule has 0 fully saturated rings. The quantitative estimate of drug-likeness (QED) is 0.446. The van der Waals surface area contributed by atoms with E-state index in [2.05, 4.69) is 15.4 Å². The predicted octanol–water partition coefficient (Wildman–Crippen LogP) is 4.13. The van der Waals surface area contributed by atoms with Crippen molar-refractivity contribution in [3.8, 4) is 17.2 Å². The van der Waals surface area contributed by atoms with Crippen molar-refractivity contribution in [3.63, 3.8) is 0 Å². The second-order valence-corrected chi connectivity index (χ2v) is 7.17. The molecule has 0 unspecified atom stereocenters. The Bertz CT molecular complexity index is 955. The SMILES string of the molecule is CCOC(=O)C(=O)Nc1cc(Cl)c(Oc2ccc(O)c(C(=O)NC(C)C)c2)c(Cl)c1. The molecule has 0 atom stereocenters. The van der Waals surface area contributed by atoms with Crippen molar-refractivity contribution in [2.75, 3.05) is 11.9 Å². The zero-order chi connectivity index (χ0) is 22.4. The molecular weight excluding hydrogens is 435 g/mol. The maximum Gasteiger partial charge on any atom is 0.397 e. The number of ether oxygens (including phenoxy) is 2. The Hall–Kier alpha value is -2.97. The Labute approximate surface area is 183 Å². The molecule has 0 aliphatic rings. The molecule has 0 aliphatic carbocycles. The number of benzene rings is 2. The molecule has 0 bridgehead atoms. The van der Waals surface area contributed by atoms with Crippen LogP contribution in [0.1, 0.15) is 31.1 Å². The highest BCUT2D eigenvalue weighted by Crippen LogP contribution is 2.39. The number of phenols is 1. The summed E-state index contributed by atoms with van der Waals surface area (Å²) in [5.74, 6) is -2.43. The van der Waals surface area contributed by atoms with Crippen LogP contribution in [-0.2, 0) is 14.3 Å². The minimum atomic E-state index is -1.04. The summed E-state index contributed by atoms with van der Waals surface area (Å²) in [6.45, 7) is 5.21. The largest absolute Gasteiger partial charge is 0.507 e. The number of phenolic OH excluding ortho intramolecular Hbond substituents is 1. The Morgan fingerprint density at radius 1 is 1.10 bits per heavy atom. The Morgan fingerprint density at radius 2 is 1.73 bits per heavy atom. The fourth-order valence-corrected chi connectivity index (χ4v) is 2.89. The van der Waals surface area contributed by atoms with Gasteiger partial charge in [0, 0.05) is 11.7 Å². The summed E-state index contributed by atoms with van der Waals surface area (Å²) in [5, 5.41) is 15.0. The van der Waals surface area contributed by atoms with E-state index in [1.165, 1.54) is 30.3 Å². The highest BCUT2D eigenvalue weighted by Gasteiger charge is 2.19. The molecule has 0 aromatic heterocycles. The number of carbonyl (C=O) groups excluding carboxylic acids is 3. The lowest BCUT2D eigenvalue weighted by Gasteiger charge is -2.14. The summed E-state index contributed by atoms with van der Waals surface area (Å²) in [6.07, 6.45) is 0. The zero-order valence-electron chi connectivity index (χ0n) is 16.4. The van der Waals surface area contributed by atoms with Crippen molar-refractivity contribution in [2.24, 2.45) is 0 Å². The Kier molecular flexibility index (Phi) is 7.91. The monoisotopic (exact) mass is 454 g/mol. The van der Waals surface area contributed by atoms with Crippen molar-refractivity contribution in [1.29, 1.82) is 0 Å². The van der Waals surface area contributed by atoms with Crippen molar-refractivity contribution >= 4 is 46.7 Å². The lowest BCUT2D eigenvalue weighted by Crippen LogP contribution is -2.30. The van der Waals surface area contributed by atoms with Gasteiger partial charge >= 0.3 is 11.9 Å². The van der Waals surface area contributed by atoms with Crippen LogP contribution in [0.15, 0.2) is 30.3 Å². The number of rotatable bonds is 6. The van der Waals surface area contributed by atoms with Gasteiger partial charge in [-0.3, -0.25) is 9.59 Å². The third kappa shape index (κ3) is 6.01. The molecule has 2 amide bonds. The van der Waals surface area contributed by atoms with Crippen molar-refractivity contribution in [1.82, 2.24) is 5.32 Å². The molecule has 2 aromatic carbocycles. The molecule has 0 heterocycles. The molecule has 0 aliphatic heterocycles. The number of aromatic hydroxyl groups is 1. The van der Waals surface area contributed by atoms with Gasteiger partial charge in [0.2, 0.25) is 0 Å². The van der Waals surface area contributed by atoms with E-state index in [1.807, 2.05) is 0 Å². The predicted molar refractivity (Wildman–Crippen MR) is 113 cm³/mol. The lowest BCUT2D eigenvalue weighted by molar-refractivity contribution is -0.152. The first-order valence-corrected chi connectivity index (χ1v) is 9.66. The number of amides is 2. The van der Waals surface area contributed by atoms with Crippen molar-refractivity contribution in [2.45, 2.75) is 26.8 Å². The van der Waals surface area contributed by atoms with Gasteiger partial charge < -0.3 is 25.2 Å². The number of anilines is 1. The van der Waals surface area contributed by atoms with Gasteiger partial charge in [0.25, 0.3) is 5.91 Å². The number of hydrogen-bond acceptors (Lipinski definition) is 6. The lowest BCUT2D eigenvalue weighted by atomic mass is 10.1. The molecule has 0 saturated heterocycles. The highest BCUT2D eigenvalue weighted by molar-refractivity contribution is 6.39. The first-order valence-electron chi connectivity index (χ1n) is 8.91. The molecule has 0 saturated carbocycles. The number of hydrogen-bond donors (Lipinski definition) is 3. The minimum Gasteiger partial charge on any atom is -0.507 e. The summed E-state index contributed by atoms with van der Waals surface area (Å²) >= 11 is 12.4. The van der Waals surface area contributed by atoms with E-state index < -0.39 is 17.8 Å². The smallest absolute Gasteiger partial charge is 0.397 e. The molecule has 2 aromatic rings. The summed E-state index contributed by atoms with van der Waals surface area (Å²) < 4.78 is 10.3. The van der Waals surface area contributed by atoms with Crippen LogP contribution >= 0.6 is 23.2 Å². The van der Waals surface area contributed by atoms with Gasteiger partial charge in [0.1, 0.15) is 11.5 Å². The average molecular weight is 455 g/mol. The molecular formula is C20H20Cl2N2O6. The normalized spacial score (nSPS) is 10.5. The number of nitrogens with one attached hydrogen (secondary N) is 2. The fraction of sp³-hybridized carbons (Fsp3) is 0.250. The third-order valence-corrected chi connectivity index (χ3v) is 4.13. The van der Waals surface area contributed by atoms with Gasteiger partial charge in [-0.15, -0.1) is 0 Å². The minimum absolute atomic E-state index is 0.0202. The number of esters is 1. The molecule has 160 valence electrons. The fourth-order valence-electron chi connectivity index (χ4n) is 2.33. The van der Waals surface area contributed by atoms with Crippen LogP contribution in [0.3, 0.4) is 0 Å². The maximum absolute atomic E-state index is 12.2. The van der Waals surface area contributed by atoms with Crippen molar-refractivity contribution in [3.05, 3.63) is 45.9 Å². The van der Waals surface area contributed by atoms with E-state index >= 15 is 0 Å². The highest BCUT2D eigenvalue weighted by atomic mass is 35.5. The first kappa shape index (κ1) is 23.3. The van der Waals surface area contributed by atoms with Crippen LogP contribution in [0, 0.1) is 0 Å². The molecule has 3 N–H and O–H groups in total. The van der Waals surface area contributed by atoms with Gasteiger partial charge in [-0.25, -0.2) is 4.79 Å². The van der Waals surface area contributed by atoms with Gasteiger partial charge in [0.15, 0.2) is 5.75 Å². The van der Waals surface area contributed by atoms with E-state index in [0.717, 1.165) is 0 Å². The van der Waals surface area contributed by atoms with Crippen LogP contribution in [-0.4, -0.2) is 35.5 Å². The molecule has 30 heavy (non-hydrogen) atoms. The van der Waals surface area contributed by atoms with Gasteiger partial charge in [-0.2, -0.15) is 0 Å². The summed E-state index contributed by atoms with van der Waals surface area (Å²) in [6, 6.07) is 6.64. The molecule has 8 nitrogen and oxygen atoms in total. The maximum atomic E-state index is 12.2. The standard InChI is InChI=1S/C20H20Cl2N2O6/c1-4-29-20(28)19(27)24-11-7-14(21)17(15(22)8-11)30-12-5-6-16(25)13(9-12)18(26)23-10(2)3/h5-10,25H,4H2,1-3H3,(H,23,26)(H,24,27). The van der Waals surface area contributed by atoms with E-state index in [4.69, 9.17) is 27.9 Å². The van der Waals surface area contributed by atoms with Gasteiger partial charge in [-0.05, 0) is 51.1 Å². The van der Waals surface area contributed by atoms with E-state index in [0.29, 0.717) is 0 Å². The van der Waals surface area contributed by atoms with Crippen LogP contribution in [0.25, 0.3) is 0 Å². The zero-order valence-corrected chi connectivity index (χ0v) is 17.9. The van der Waals surface area contributed by atoms with Gasteiger partial charge in [-0.1, -0.05) is 23.2 Å². The number of carbonyl (C=O) groups is 3. The summed E-state index contributed by atoms with van der Waals surface area (Å²) in [7, 11) is 0. The van der Waals surface area contributed by atoms with Crippen molar-refractivity contribution < 1.29 is 29.0 Å². The average Bonchev–Trinajstić information content (AvgIpc) is 2.65. The van der Waals surface area contributed by atoms with Crippen LogP contribution in [0.4, 0.5) is 5.69 Å². The summed E-state index contributed by atoms with van der Waals surface area (Å²) in [5.41, 5.74) is 0.185. The Balaban J connectivity index is 2.24. The van der Waals surface area contributed by atoms with E-state index in [9.17, 15) is 19.5 Å². The van der Waals surface area contributed by atoms with E-state index in [-0.39, 0.29) is 51.2 Å². The first-order chi connectivity index (χ1) is 14.1. The second-order valence-electron chi connectivity index (χ2n) is 6.35. The molecule has 10 heteroatoms. The van der Waals surface area contributed by atoms with Crippen LogP contribution < -0.4 is 15.4 Å². The Morgan fingerprint density at radius 3 is 2.30 bits per heavy atom. The van der Waals surface area contributed by atoms with Crippen LogP contribution in [0.5, 0.6) is 17.2 Å². The molecule has 0 spiro atoms. The summed E-state index contributed by atoms with van der Waals surface area (Å²) in [4.78, 5) is 35.4. The topological polar surface area (TPSA) is 114 Å². The second kappa shape index (κ2) is 10.2.